The number of aromatic nitrogens is 2. The van der Waals surface area contributed by atoms with E-state index in [9.17, 15) is 23.1 Å². The quantitative estimate of drug-likeness (QED) is 0.205. The van der Waals surface area contributed by atoms with E-state index in [4.69, 9.17) is 21.3 Å². The zero-order valence-electron chi connectivity index (χ0n) is 24.9. The van der Waals surface area contributed by atoms with E-state index in [1.54, 1.807) is 49.4 Å². The third kappa shape index (κ3) is 6.71. The fourth-order valence-electron chi connectivity index (χ4n) is 5.14. The molecule has 11 nitrogen and oxygen atoms in total. The maximum Gasteiger partial charge on any atom is 0.309 e. The summed E-state index contributed by atoms with van der Waals surface area (Å²) in [6.45, 7) is 5.70. The molecule has 3 aromatic carbocycles. The molecule has 0 saturated heterocycles. The monoisotopic (exact) mass is 649 g/mol. The van der Waals surface area contributed by atoms with Gasteiger partial charge >= 0.3 is 5.97 Å². The molecule has 13 heteroatoms. The molecule has 1 aliphatic rings. The summed E-state index contributed by atoms with van der Waals surface area (Å²) >= 11 is 6.34. The van der Waals surface area contributed by atoms with Crippen LogP contribution in [-0.4, -0.2) is 58.2 Å². The molecule has 4 aromatic rings. The van der Waals surface area contributed by atoms with Crippen LogP contribution >= 0.6 is 11.6 Å². The number of halogens is 1. The van der Waals surface area contributed by atoms with E-state index in [2.05, 4.69) is 10.3 Å². The van der Waals surface area contributed by atoms with E-state index in [-0.39, 0.29) is 53.1 Å². The normalized spacial score (nSPS) is 14.3. The van der Waals surface area contributed by atoms with Gasteiger partial charge in [0, 0.05) is 18.7 Å². The van der Waals surface area contributed by atoms with Crippen molar-refractivity contribution in [2.24, 2.45) is 4.99 Å². The Hall–Kier alpha value is -4.68. The predicted octanol–water partition coefficient (Wildman–Crippen LogP) is 5.47. The number of hydrogen-bond acceptors (Lipinski definition) is 7. The van der Waals surface area contributed by atoms with Gasteiger partial charge in [-0.3, -0.25) is 13.9 Å². The van der Waals surface area contributed by atoms with Gasteiger partial charge in [0.1, 0.15) is 10.6 Å². The first kappa shape index (κ1) is 31.7. The Balaban J connectivity index is 1.56. The Morgan fingerprint density at radius 1 is 1.04 bits per heavy atom. The summed E-state index contributed by atoms with van der Waals surface area (Å²) in [5.74, 6) is -1.13. The van der Waals surface area contributed by atoms with Crippen molar-refractivity contribution in [3.63, 3.8) is 0 Å². The summed E-state index contributed by atoms with van der Waals surface area (Å²) in [6, 6.07) is 17.4. The van der Waals surface area contributed by atoms with Crippen LogP contribution < -0.4 is 10.1 Å². The van der Waals surface area contributed by atoms with Crippen LogP contribution in [0.5, 0.6) is 5.75 Å². The van der Waals surface area contributed by atoms with Crippen LogP contribution in [0.25, 0.3) is 0 Å². The number of nitrogens with one attached hydrogen (secondary N) is 1. The summed E-state index contributed by atoms with van der Waals surface area (Å²) in [6.07, 6.45) is 1.21. The Kier molecular flexibility index (Phi) is 9.26. The number of carbonyl (C=O) groups excluding carboxylic acids is 1. The number of aliphatic carboxylic acids is 1. The lowest BCUT2D eigenvalue weighted by atomic mass is 10.1. The number of aryl methyl sites for hydroxylation is 2. The zero-order chi connectivity index (χ0) is 32.3. The minimum absolute atomic E-state index is 0.00299. The van der Waals surface area contributed by atoms with Gasteiger partial charge in [-0.15, -0.1) is 0 Å². The second kappa shape index (κ2) is 13.1. The van der Waals surface area contributed by atoms with Gasteiger partial charge in [0.25, 0.3) is 15.9 Å². The summed E-state index contributed by atoms with van der Waals surface area (Å²) < 4.78 is 36.8. The standard InChI is InChI=1S/C32H32ClN5O6S/c1-20-13-14-27(21(2)17-20)44-16-8-15-38-31(35-25-11-6-7-12-28(25)45(38,42)43)30(32(41)36-24-10-5-4-9-23(24)33)37-19-34-26(22(37)3)18-29(39)40/h4-7,9-14,17,19,30H,8,15-16,18H2,1-3H3,(H,36,41)(H,39,40). The second-order valence-corrected chi connectivity index (χ2v) is 12.8. The fourth-order valence-corrected chi connectivity index (χ4v) is 6.95. The van der Waals surface area contributed by atoms with E-state index in [1.807, 2.05) is 32.0 Å². The van der Waals surface area contributed by atoms with Crippen LogP contribution in [0.3, 0.4) is 0 Å². The number of nitrogens with zero attached hydrogens (tertiary/aromatic N) is 4. The van der Waals surface area contributed by atoms with Gasteiger partial charge in [-0.2, -0.15) is 0 Å². The molecule has 0 aliphatic carbocycles. The first-order chi connectivity index (χ1) is 21.5. The molecule has 0 radical (unpaired) electrons. The zero-order valence-corrected chi connectivity index (χ0v) is 26.5. The molecule has 1 unspecified atom stereocenters. The number of ether oxygens (including phenoxy) is 1. The number of amides is 1. The number of benzene rings is 3. The molecular weight excluding hydrogens is 618 g/mol. The Labute approximate surface area is 266 Å². The lowest BCUT2D eigenvalue weighted by Crippen LogP contribution is -2.47. The molecule has 2 N–H and O–H groups in total. The molecule has 45 heavy (non-hydrogen) atoms. The molecule has 0 spiro atoms. The highest BCUT2D eigenvalue weighted by atomic mass is 35.5. The van der Waals surface area contributed by atoms with Crippen molar-refractivity contribution >= 4 is 50.7 Å². The van der Waals surface area contributed by atoms with Crippen LogP contribution in [0.4, 0.5) is 11.4 Å². The maximum atomic E-state index is 14.1. The van der Waals surface area contributed by atoms with Crippen molar-refractivity contribution in [1.29, 1.82) is 0 Å². The van der Waals surface area contributed by atoms with E-state index in [0.717, 1.165) is 15.4 Å². The number of carbonyl (C=O) groups is 2. The number of aliphatic imine (C=N–C) groups is 1. The minimum atomic E-state index is -4.17. The lowest BCUT2D eigenvalue weighted by molar-refractivity contribution is -0.136. The van der Waals surface area contributed by atoms with Gasteiger partial charge in [-0.05, 0) is 56.7 Å². The average molecular weight is 650 g/mol. The molecule has 2 heterocycles. The maximum absolute atomic E-state index is 14.1. The van der Waals surface area contributed by atoms with Gasteiger partial charge in [-0.1, -0.05) is 53.6 Å². The summed E-state index contributed by atoms with van der Waals surface area (Å²) in [7, 11) is -4.17. The van der Waals surface area contributed by atoms with Gasteiger partial charge in [0.05, 0.1) is 41.4 Å². The van der Waals surface area contributed by atoms with E-state index in [1.165, 1.54) is 17.0 Å². The van der Waals surface area contributed by atoms with Gasteiger partial charge < -0.3 is 19.7 Å². The molecule has 0 saturated carbocycles. The molecular formula is C32H32ClN5O6S. The summed E-state index contributed by atoms with van der Waals surface area (Å²) in [5.41, 5.74) is 3.14. The average Bonchev–Trinajstić information content (AvgIpc) is 3.33. The van der Waals surface area contributed by atoms with Crippen molar-refractivity contribution in [2.45, 2.75) is 44.6 Å². The van der Waals surface area contributed by atoms with E-state index >= 15 is 0 Å². The number of carboxylic acids is 1. The molecule has 0 bridgehead atoms. The molecule has 0 fully saturated rings. The topological polar surface area (TPSA) is 143 Å². The number of amidine groups is 1. The summed E-state index contributed by atoms with van der Waals surface area (Å²) in [5, 5.41) is 12.5. The van der Waals surface area contributed by atoms with Crippen LogP contribution in [0.2, 0.25) is 5.02 Å². The van der Waals surface area contributed by atoms with E-state index in [0.29, 0.717) is 17.1 Å². The Morgan fingerprint density at radius 2 is 1.78 bits per heavy atom. The molecule has 1 aliphatic heterocycles. The fraction of sp³-hybridized carbons (Fsp3) is 0.250. The van der Waals surface area contributed by atoms with Gasteiger partial charge in [-0.25, -0.2) is 18.4 Å². The second-order valence-electron chi connectivity index (χ2n) is 10.6. The van der Waals surface area contributed by atoms with Crippen LogP contribution in [0.15, 0.2) is 82.9 Å². The van der Waals surface area contributed by atoms with Crippen LogP contribution in [-0.2, 0) is 26.0 Å². The third-order valence-corrected chi connectivity index (χ3v) is 9.56. The largest absolute Gasteiger partial charge is 0.493 e. The lowest BCUT2D eigenvalue weighted by Gasteiger charge is -2.34. The third-order valence-electron chi connectivity index (χ3n) is 7.38. The van der Waals surface area contributed by atoms with Crippen molar-refractivity contribution in [1.82, 2.24) is 13.9 Å². The summed E-state index contributed by atoms with van der Waals surface area (Å²) in [4.78, 5) is 34.6. The molecule has 1 amide bonds. The highest BCUT2D eigenvalue weighted by Gasteiger charge is 2.41. The first-order valence-corrected chi connectivity index (χ1v) is 16.0. The van der Waals surface area contributed by atoms with Crippen molar-refractivity contribution in [3.05, 3.63) is 101 Å². The minimum Gasteiger partial charge on any atom is -0.493 e. The highest BCUT2D eigenvalue weighted by molar-refractivity contribution is 7.90. The number of rotatable bonds is 11. The van der Waals surface area contributed by atoms with Crippen LogP contribution in [0.1, 0.15) is 35.0 Å². The molecule has 1 aromatic heterocycles. The first-order valence-electron chi connectivity index (χ1n) is 14.2. The predicted molar refractivity (Wildman–Crippen MR) is 171 cm³/mol. The number of carboxylic acid groups (broad SMARTS) is 1. The molecule has 234 valence electrons. The van der Waals surface area contributed by atoms with Crippen molar-refractivity contribution in [3.8, 4) is 5.75 Å². The highest BCUT2D eigenvalue weighted by Crippen LogP contribution is 2.36. The Morgan fingerprint density at radius 3 is 2.51 bits per heavy atom. The number of fused-ring (bicyclic) bond motifs is 1. The Bertz CT molecular complexity index is 1910. The number of imidazole rings is 1. The van der Waals surface area contributed by atoms with Crippen LogP contribution in [0, 0.1) is 20.8 Å². The number of hydrogen-bond donors (Lipinski definition) is 2. The van der Waals surface area contributed by atoms with Crippen molar-refractivity contribution in [2.75, 3.05) is 18.5 Å². The number of para-hydroxylation sites is 2. The number of sulfonamides is 1. The van der Waals surface area contributed by atoms with E-state index < -0.39 is 27.9 Å². The smallest absolute Gasteiger partial charge is 0.309 e. The SMILES string of the molecule is Cc1ccc(OCCCN2C(C(C(=O)Nc3ccccc3Cl)n3cnc(CC(=O)O)c3C)=Nc3ccccc3S2(=O)=O)c(C)c1. The van der Waals surface area contributed by atoms with Gasteiger partial charge in [0.2, 0.25) is 0 Å². The molecule has 1 atom stereocenters. The van der Waals surface area contributed by atoms with Crippen molar-refractivity contribution < 1.29 is 27.9 Å². The molecule has 5 rings (SSSR count). The number of anilines is 1. The van der Waals surface area contributed by atoms with Gasteiger partial charge in [0.15, 0.2) is 11.9 Å².